The van der Waals surface area contributed by atoms with Crippen LogP contribution in [0.15, 0.2) is 12.4 Å². The lowest BCUT2D eigenvalue weighted by Crippen LogP contribution is -2.39. The van der Waals surface area contributed by atoms with Gasteiger partial charge in [0.15, 0.2) is 0 Å². The molecule has 1 saturated heterocycles. The molecule has 16 heavy (non-hydrogen) atoms. The molecule has 90 valence electrons. The highest BCUT2D eigenvalue weighted by atomic mass is 15.2. The van der Waals surface area contributed by atoms with Crippen LogP contribution in [0, 0.1) is 5.92 Å². The zero-order valence-electron chi connectivity index (χ0n) is 10.3. The van der Waals surface area contributed by atoms with E-state index in [0.29, 0.717) is 6.04 Å². The Kier molecular flexibility index (Phi) is 3.61. The van der Waals surface area contributed by atoms with Gasteiger partial charge in [0.1, 0.15) is 5.82 Å². The predicted molar refractivity (Wildman–Crippen MR) is 65.1 cm³/mol. The second-order valence-electron chi connectivity index (χ2n) is 4.81. The second kappa shape index (κ2) is 4.97. The third-order valence-corrected chi connectivity index (χ3v) is 3.78. The lowest BCUT2D eigenvalue weighted by Gasteiger charge is -2.25. The van der Waals surface area contributed by atoms with Gasteiger partial charge in [0, 0.05) is 45.0 Å². The van der Waals surface area contributed by atoms with Crippen molar-refractivity contribution in [2.24, 2.45) is 18.7 Å². The molecule has 2 rings (SSSR count). The Labute approximate surface area is 97.4 Å². The maximum atomic E-state index is 5.83. The molecule has 0 bridgehead atoms. The number of imidazole rings is 1. The van der Waals surface area contributed by atoms with E-state index in [4.69, 9.17) is 5.73 Å². The van der Waals surface area contributed by atoms with Crippen LogP contribution in [0.1, 0.15) is 19.2 Å². The lowest BCUT2D eigenvalue weighted by atomic mass is 10.0. The molecule has 2 N–H and O–H groups in total. The number of nitrogens with two attached hydrogens (primary N) is 1. The Bertz CT molecular complexity index is 334. The molecule has 2 heterocycles. The van der Waals surface area contributed by atoms with E-state index in [2.05, 4.69) is 28.4 Å². The zero-order valence-corrected chi connectivity index (χ0v) is 10.3. The molecule has 1 fully saturated rings. The standard InChI is InChI=1S/C12H22N4/c1-10-3-6-16(11(10)9-13)7-4-12-14-5-8-15(12)2/h5,8,10-11H,3-4,6-7,9,13H2,1-2H3. The minimum Gasteiger partial charge on any atom is -0.338 e. The molecule has 0 saturated carbocycles. The lowest BCUT2D eigenvalue weighted by molar-refractivity contribution is 0.237. The molecule has 0 spiro atoms. The van der Waals surface area contributed by atoms with Crippen LogP contribution in [0.2, 0.25) is 0 Å². The van der Waals surface area contributed by atoms with Crippen LogP contribution < -0.4 is 5.73 Å². The van der Waals surface area contributed by atoms with Crippen LogP contribution in [0.3, 0.4) is 0 Å². The molecular formula is C12H22N4. The Morgan fingerprint density at radius 2 is 2.38 bits per heavy atom. The highest BCUT2D eigenvalue weighted by Gasteiger charge is 2.29. The predicted octanol–water partition coefficient (Wildman–Crippen LogP) is 0.632. The van der Waals surface area contributed by atoms with Crippen molar-refractivity contribution in [1.29, 1.82) is 0 Å². The Morgan fingerprint density at radius 3 is 3.00 bits per heavy atom. The summed E-state index contributed by atoms with van der Waals surface area (Å²) in [5.74, 6) is 1.90. The summed E-state index contributed by atoms with van der Waals surface area (Å²) in [6, 6.07) is 0.570. The summed E-state index contributed by atoms with van der Waals surface area (Å²) in [5.41, 5.74) is 5.83. The third-order valence-electron chi connectivity index (χ3n) is 3.78. The second-order valence-corrected chi connectivity index (χ2v) is 4.81. The highest BCUT2D eigenvalue weighted by Crippen LogP contribution is 2.22. The summed E-state index contributed by atoms with van der Waals surface area (Å²) in [6.45, 7) is 5.35. The van der Waals surface area contributed by atoms with Crippen molar-refractivity contribution in [2.45, 2.75) is 25.8 Å². The molecule has 4 nitrogen and oxygen atoms in total. The van der Waals surface area contributed by atoms with Crippen molar-refractivity contribution >= 4 is 0 Å². The monoisotopic (exact) mass is 222 g/mol. The van der Waals surface area contributed by atoms with E-state index in [9.17, 15) is 0 Å². The van der Waals surface area contributed by atoms with Gasteiger partial charge in [0.05, 0.1) is 0 Å². The largest absolute Gasteiger partial charge is 0.338 e. The van der Waals surface area contributed by atoms with Gasteiger partial charge >= 0.3 is 0 Å². The smallest absolute Gasteiger partial charge is 0.109 e. The molecule has 1 aromatic rings. The SMILES string of the molecule is CC1CCN(CCc2nccn2C)C1CN. The minimum atomic E-state index is 0.570. The van der Waals surface area contributed by atoms with Crippen molar-refractivity contribution in [2.75, 3.05) is 19.6 Å². The van der Waals surface area contributed by atoms with Crippen molar-refractivity contribution in [3.8, 4) is 0 Å². The molecule has 0 amide bonds. The Morgan fingerprint density at radius 1 is 1.56 bits per heavy atom. The van der Waals surface area contributed by atoms with E-state index in [1.165, 1.54) is 13.0 Å². The highest BCUT2D eigenvalue weighted by molar-refractivity contribution is 4.93. The van der Waals surface area contributed by atoms with E-state index in [1.54, 1.807) is 0 Å². The quantitative estimate of drug-likeness (QED) is 0.813. The van der Waals surface area contributed by atoms with Gasteiger partial charge in [-0.3, -0.25) is 4.90 Å². The van der Waals surface area contributed by atoms with Crippen molar-refractivity contribution < 1.29 is 0 Å². The number of hydrogen-bond acceptors (Lipinski definition) is 3. The van der Waals surface area contributed by atoms with E-state index >= 15 is 0 Å². The van der Waals surface area contributed by atoms with Gasteiger partial charge in [0.2, 0.25) is 0 Å². The molecule has 0 radical (unpaired) electrons. The molecule has 0 aromatic carbocycles. The van der Waals surface area contributed by atoms with Gasteiger partial charge in [-0.15, -0.1) is 0 Å². The first kappa shape index (κ1) is 11.6. The van der Waals surface area contributed by atoms with Gasteiger partial charge in [-0.05, 0) is 18.9 Å². The maximum Gasteiger partial charge on any atom is 0.109 e. The number of aryl methyl sites for hydroxylation is 1. The molecule has 1 aromatic heterocycles. The van der Waals surface area contributed by atoms with Gasteiger partial charge in [-0.1, -0.05) is 6.92 Å². The first-order valence-corrected chi connectivity index (χ1v) is 6.12. The average molecular weight is 222 g/mol. The van der Waals surface area contributed by atoms with Crippen LogP contribution in [-0.4, -0.2) is 40.1 Å². The van der Waals surface area contributed by atoms with Crippen molar-refractivity contribution in [3.05, 3.63) is 18.2 Å². The topological polar surface area (TPSA) is 47.1 Å². The summed E-state index contributed by atoms with van der Waals surface area (Å²) in [5, 5.41) is 0. The molecular weight excluding hydrogens is 200 g/mol. The van der Waals surface area contributed by atoms with Gasteiger partial charge < -0.3 is 10.3 Å². The summed E-state index contributed by atoms with van der Waals surface area (Å²) < 4.78 is 2.09. The fourth-order valence-electron chi connectivity index (χ4n) is 2.63. The minimum absolute atomic E-state index is 0.570. The molecule has 1 aliphatic rings. The van der Waals surface area contributed by atoms with Crippen molar-refractivity contribution in [1.82, 2.24) is 14.5 Å². The first-order chi connectivity index (χ1) is 7.72. The molecule has 4 heteroatoms. The van der Waals surface area contributed by atoms with E-state index < -0.39 is 0 Å². The fourth-order valence-corrected chi connectivity index (χ4v) is 2.63. The summed E-state index contributed by atoms with van der Waals surface area (Å²) in [7, 11) is 2.05. The van der Waals surface area contributed by atoms with Crippen LogP contribution in [-0.2, 0) is 13.5 Å². The molecule has 0 aliphatic carbocycles. The number of nitrogens with zero attached hydrogens (tertiary/aromatic N) is 3. The van der Waals surface area contributed by atoms with E-state index in [0.717, 1.165) is 31.3 Å². The van der Waals surface area contributed by atoms with Crippen LogP contribution in [0.5, 0.6) is 0 Å². The average Bonchev–Trinajstić information content (AvgIpc) is 2.82. The maximum absolute atomic E-state index is 5.83. The number of likely N-dealkylation sites (tertiary alicyclic amines) is 1. The van der Waals surface area contributed by atoms with Gasteiger partial charge in [-0.2, -0.15) is 0 Å². The number of hydrogen-bond donors (Lipinski definition) is 1. The fraction of sp³-hybridized carbons (Fsp3) is 0.750. The Balaban J connectivity index is 1.89. The van der Waals surface area contributed by atoms with Crippen LogP contribution in [0.25, 0.3) is 0 Å². The number of rotatable bonds is 4. The Hall–Kier alpha value is -0.870. The van der Waals surface area contributed by atoms with E-state index in [-0.39, 0.29) is 0 Å². The normalized spacial score (nSPS) is 26.4. The van der Waals surface area contributed by atoms with Crippen molar-refractivity contribution in [3.63, 3.8) is 0 Å². The first-order valence-electron chi connectivity index (χ1n) is 6.12. The molecule has 2 atom stereocenters. The number of aromatic nitrogens is 2. The van der Waals surface area contributed by atoms with Crippen LogP contribution >= 0.6 is 0 Å². The van der Waals surface area contributed by atoms with Gasteiger partial charge in [0.25, 0.3) is 0 Å². The third kappa shape index (κ3) is 2.28. The van der Waals surface area contributed by atoms with Gasteiger partial charge in [-0.25, -0.2) is 4.98 Å². The summed E-state index contributed by atoms with van der Waals surface area (Å²) in [4.78, 5) is 6.86. The van der Waals surface area contributed by atoms with E-state index in [1.807, 2.05) is 12.4 Å². The molecule has 1 aliphatic heterocycles. The van der Waals surface area contributed by atoms with Crippen LogP contribution in [0.4, 0.5) is 0 Å². The summed E-state index contributed by atoms with van der Waals surface area (Å²) in [6.07, 6.45) is 6.17. The summed E-state index contributed by atoms with van der Waals surface area (Å²) >= 11 is 0. The molecule has 2 unspecified atom stereocenters. The zero-order chi connectivity index (χ0) is 11.5.